The topological polar surface area (TPSA) is 54.4 Å². The average Bonchev–Trinajstić information content (AvgIpc) is 1.64. The van der Waals surface area contributed by atoms with Crippen LogP contribution in [-0.4, -0.2) is 23.3 Å². The Labute approximate surface area is 59.6 Å². The van der Waals surface area contributed by atoms with E-state index in [2.05, 4.69) is 0 Å². The van der Waals surface area contributed by atoms with Crippen LogP contribution < -0.4 is 0 Å². The number of hydrogen-bond acceptors (Lipinski definition) is 3. The monoisotopic (exact) mass is 170 g/mol. The van der Waals surface area contributed by atoms with Crippen LogP contribution in [0.4, 0.5) is 0 Å². The lowest BCUT2D eigenvalue weighted by atomic mass is 10.9. The lowest BCUT2D eigenvalue weighted by Gasteiger charge is -2.03. The van der Waals surface area contributed by atoms with E-state index in [9.17, 15) is 8.42 Å². The molecule has 0 rings (SSSR count). The van der Waals surface area contributed by atoms with Crippen LogP contribution >= 0.6 is 11.8 Å². The lowest BCUT2D eigenvalue weighted by molar-refractivity contribution is 0.482. The largest absolute Gasteiger partial charge is 0.285 e. The molecule has 0 radical (unpaired) electrons. The molecule has 0 fully saturated rings. The summed E-state index contributed by atoms with van der Waals surface area (Å²) in [6, 6.07) is 0. The van der Waals surface area contributed by atoms with Gasteiger partial charge in [0.25, 0.3) is 10.1 Å². The number of thioether (sulfide) groups is 1. The number of rotatable bonds is 3. The Kier molecular flexibility index (Phi) is 3.53. The van der Waals surface area contributed by atoms with Gasteiger partial charge in [-0.2, -0.15) is 8.42 Å². The minimum atomic E-state index is -3.80. The molecule has 0 aromatic carbocycles. The third-order valence-corrected chi connectivity index (χ3v) is 3.60. The minimum absolute atomic E-state index is 0.692. The molecule has 0 amide bonds. The maximum Gasteiger partial charge on any atom is 0.276 e. The molecule has 0 heterocycles. The van der Waals surface area contributed by atoms with Crippen LogP contribution in [0.1, 0.15) is 13.8 Å². The standard InChI is InChI=1S/C4H10O3S2/c1-3-8-4(2)9(5,6)7/h4H,3H2,1-2H3,(H,5,6,7). The first-order valence-electron chi connectivity index (χ1n) is 2.56. The second kappa shape index (κ2) is 3.43. The molecule has 0 spiro atoms. The van der Waals surface area contributed by atoms with Crippen LogP contribution in [0.3, 0.4) is 0 Å². The average molecular weight is 170 g/mol. The van der Waals surface area contributed by atoms with Crippen molar-refractivity contribution >= 4 is 21.9 Å². The highest BCUT2D eigenvalue weighted by Crippen LogP contribution is 2.13. The highest BCUT2D eigenvalue weighted by atomic mass is 32.3. The Hall–Kier alpha value is 0.260. The molecule has 56 valence electrons. The molecule has 0 aromatic heterocycles. The smallest absolute Gasteiger partial charge is 0.276 e. The van der Waals surface area contributed by atoms with E-state index in [4.69, 9.17) is 4.55 Å². The maximum absolute atomic E-state index is 10.3. The predicted octanol–water partition coefficient (Wildman–Crippen LogP) is 0.973. The Morgan fingerprint density at radius 3 is 2.22 bits per heavy atom. The van der Waals surface area contributed by atoms with Gasteiger partial charge in [0.05, 0.1) is 0 Å². The zero-order valence-corrected chi connectivity index (χ0v) is 7.00. The second-order valence-corrected chi connectivity index (χ2v) is 5.19. The second-order valence-electron chi connectivity index (χ2n) is 1.54. The summed E-state index contributed by atoms with van der Waals surface area (Å²) in [6.07, 6.45) is 0. The van der Waals surface area contributed by atoms with E-state index in [1.54, 1.807) is 0 Å². The predicted molar refractivity (Wildman–Crippen MR) is 39.1 cm³/mol. The lowest BCUT2D eigenvalue weighted by Crippen LogP contribution is -2.12. The van der Waals surface area contributed by atoms with Crippen LogP contribution in [0.5, 0.6) is 0 Å². The highest BCUT2D eigenvalue weighted by molar-refractivity contribution is 8.11. The molecule has 1 N–H and O–H groups in total. The summed E-state index contributed by atoms with van der Waals surface area (Å²) in [6.45, 7) is 3.30. The van der Waals surface area contributed by atoms with E-state index in [1.807, 2.05) is 6.92 Å². The van der Waals surface area contributed by atoms with E-state index >= 15 is 0 Å². The zero-order chi connectivity index (χ0) is 7.49. The summed E-state index contributed by atoms with van der Waals surface area (Å²) in [5.41, 5.74) is 0. The van der Waals surface area contributed by atoms with Crippen molar-refractivity contribution in [2.45, 2.75) is 18.4 Å². The van der Waals surface area contributed by atoms with Crippen LogP contribution in [0.2, 0.25) is 0 Å². The first-order chi connectivity index (χ1) is 3.98. The van der Waals surface area contributed by atoms with Crippen molar-refractivity contribution in [1.29, 1.82) is 0 Å². The van der Waals surface area contributed by atoms with Crippen molar-refractivity contribution in [3.63, 3.8) is 0 Å². The van der Waals surface area contributed by atoms with Gasteiger partial charge in [-0.25, -0.2) is 0 Å². The molecule has 0 aliphatic carbocycles. The fourth-order valence-electron chi connectivity index (χ4n) is 0.321. The van der Waals surface area contributed by atoms with Crippen molar-refractivity contribution in [2.75, 3.05) is 5.75 Å². The molecule has 0 aromatic rings. The van der Waals surface area contributed by atoms with Crippen LogP contribution in [0.25, 0.3) is 0 Å². The van der Waals surface area contributed by atoms with Gasteiger partial charge in [-0.05, 0) is 12.7 Å². The fourth-order valence-corrected chi connectivity index (χ4v) is 1.89. The van der Waals surface area contributed by atoms with Crippen LogP contribution in [0, 0.1) is 0 Å². The Balaban J connectivity index is 3.90. The number of hydrogen-bond donors (Lipinski definition) is 1. The molecular weight excluding hydrogens is 160 g/mol. The SMILES string of the molecule is CCSC(C)S(=O)(=O)O. The van der Waals surface area contributed by atoms with E-state index in [1.165, 1.54) is 18.7 Å². The van der Waals surface area contributed by atoms with Gasteiger partial charge in [-0.1, -0.05) is 6.92 Å². The third kappa shape index (κ3) is 3.77. The normalized spacial score (nSPS) is 15.4. The van der Waals surface area contributed by atoms with Crippen molar-refractivity contribution in [1.82, 2.24) is 0 Å². The Morgan fingerprint density at radius 2 is 2.11 bits per heavy atom. The van der Waals surface area contributed by atoms with Gasteiger partial charge in [-0.3, -0.25) is 4.55 Å². The molecular formula is C4H10O3S2. The molecule has 0 saturated carbocycles. The highest BCUT2D eigenvalue weighted by Gasteiger charge is 2.15. The van der Waals surface area contributed by atoms with Gasteiger partial charge >= 0.3 is 0 Å². The van der Waals surface area contributed by atoms with Gasteiger partial charge in [-0.15, -0.1) is 11.8 Å². The summed E-state index contributed by atoms with van der Waals surface area (Å²) >= 11 is 1.20. The summed E-state index contributed by atoms with van der Waals surface area (Å²) in [7, 11) is -3.80. The first kappa shape index (κ1) is 9.26. The Bertz CT molecular complexity index is 161. The van der Waals surface area contributed by atoms with Crippen molar-refractivity contribution < 1.29 is 13.0 Å². The molecule has 0 aliphatic rings. The molecule has 0 aliphatic heterocycles. The molecule has 0 bridgehead atoms. The van der Waals surface area contributed by atoms with Gasteiger partial charge < -0.3 is 0 Å². The molecule has 1 unspecified atom stereocenters. The molecule has 9 heavy (non-hydrogen) atoms. The molecule has 1 atom stereocenters. The van der Waals surface area contributed by atoms with E-state index in [0.29, 0.717) is 5.75 Å². The van der Waals surface area contributed by atoms with Gasteiger partial charge in [0, 0.05) is 0 Å². The molecule has 5 heteroatoms. The van der Waals surface area contributed by atoms with E-state index < -0.39 is 14.7 Å². The van der Waals surface area contributed by atoms with Gasteiger partial charge in [0.2, 0.25) is 0 Å². The quantitative estimate of drug-likeness (QED) is 0.641. The minimum Gasteiger partial charge on any atom is -0.285 e. The third-order valence-electron chi connectivity index (χ3n) is 0.821. The van der Waals surface area contributed by atoms with Gasteiger partial charge in [0.15, 0.2) is 0 Å². The summed E-state index contributed by atoms with van der Waals surface area (Å²) in [4.78, 5) is 0. The van der Waals surface area contributed by atoms with Crippen molar-refractivity contribution in [2.24, 2.45) is 0 Å². The molecule has 3 nitrogen and oxygen atoms in total. The first-order valence-corrected chi connectivity index (χ1v) is 5.11. The zero-order valence-electron chi connectivity index (χ0n) is 5.36. The van der Waals surface area contributed by atoms with Crippen LogP contribution in [-0.2, 0) is 10.1 Å². The fraction of sp³-hybridized carbons (Fsp3) is 1.00. The molecule has 0 saturated heterocycles. The summed E-state index contributed by atoms with van der Waals surface area (Å²) in [5.74, 6) is 0.695. The van der Waals surface area contributed by atoms with Crippen LogP contribution in [0.15, 0.2) is 0 Å². The van der Waals surface area contributed by atoms with Crippen molar-refractivity contribution in [3.05, 3.63) is 0 Å². The van der Waals surface area contributed by atoms with E-state index in [-0.39, 0.29) is 0 Å². The summed E-state index contributed by atoms with van der Waals surface area (Å²) in [5, 5.41) is 0. The maximum atomic E-state index is 10.3. The van der Waals surface area contributed by atoms with Gasteiger partial charge in [0.1, 0.15) is 4.58 Å². The summed E-state index contributed by atoms with van der Waals surface area (Å²) < 4.78 is 28.2. The van der Waals surface area contributed by atoms with E-state index in [0.717, 1.165) is 0 Å². The Morgan fingerprint density at radius 1 is 1.67 bits per heavy atom. The van der Waals surface area contributed by atoms with Crippen molar-refractivity contribution in [3.8, 4) is 0 Å².